The lowest BCUT2D eigenvalue weighted by Gasteiger charge is -1.97. The average molecular weight is 217 g/mol. The summed E-state index contributed by atoms with van der Waals surface area (Å²) < 4.78 is 5.07. The number of hydrogen-bond acceptors (Lipinski definition) is 5. The Morgan fingerprint density at radius 3 is 3.00 bits per heavy atom. The Morgan fingerprint density at radius 1 is 1.62 bits per heavy atom. The van der Waals surface area contributed by atoms with Crippen molar-refractivity contribution in [2.24, 2.45) is 0 Å². The molecule has 80 valence electrons. The highest BCUT2D eigenvalue weighted by molar-refractivity contribution is 5.91. The quantitative estimate of drug-likeness (QED) is 0.567. The average Bonchev–Trinajstić information content (AvgIpc) is 2.65. The Kier molecular flexibility index (Phi) is 2.21. The summed E-state index contributed by atoms with van der Waals surface area (Å²) in [6.45, 7) is 0. The zero-order chi connectivity index (χ0) is 11.7. The lowest BCUT2D eigenvalue weighted by Crippen LogP contribution is -2.09. The van der Waals surface area contributed by atoms with Gasteiger partial charge in [0.25, 0.3) is 5.82 Å². The second-order valence-corrected chi connectivity index (χ2v) is 3.05. The van der Waals surface area contributed by atoms with Crippen molar-refractivity contribution in [2.45, 2.75) is 0 Å². The predicted molar refractivity (Wildman–Crippen MR) is 53.0 cm³/mol. The molecule has 1 aromatic carbocycles. The van der Waals surface area contributed by atoms with E-state index >= 15 is 0 Å². The van der Waals surface area contributed by atoms with Crippen molar-refractivity contribution < 1.29 is 14.7 Å². The highest BCUT2D eigenvalue weighted by atomic mass is 16.5. The van der Waals surface area contributed by atoms with Crippen LogP contribution in [0.5, 0.6) is 0 Å². The van der Waals surface area contributed by atoms with E-state index in [9.17, 15) is 10.0 Å². The molecule has 6 nitrogen and oxygen atoms in total. The summed E-state index contributed by atoms with van der Waals surface area (Å²) in [5.74, 6) is -0.954. The number of imidazole rings is 1. The molecule has 0 saturated carbocycles. The number of hydrogen-bond donors (Lipinski definition) is 1. The highest BCUT2D eigenvalue weighted by Gasteiger charge is 2.17. The molecule has 0 unspecified atom stereocenters. The molecule has 1 heterocycles. The minimum atomic E-state index is -0.739. The maximum absolute atomic E-state index is 11.2. The molecular weight excluding hydrogens is 210 g/mol. The summed E-state index contributed by atoms with van der Waals surface area (Å²) in [6.07, 6.45) is 0. The number of nitrogens with zero attached hydrogens (tertiary/aromatic N) is 3. The molecule has 2 rings (SSSR count). The van der Waals surface area contributed by atoms with Crippen LogP contribution in [0.15, 0.2) is 18.2 Å². The Labute approximate surface area is 90.3 Å². The molecule has 0 amide bonds. The lowest BCUT2D eigenvalue weighted by molar-refractivity contribution is 0.0544. The third kappa shape index (κ3) is 1.35. The van der Waals surface area contributed by atoms with E-state index in [2.05, 4.69) is 9.72 Å². The summed E-state index contributed by atoms with van der Waals surface area (Å²) in [5.41, 5.74) is 1.08. The van der Waals surface area contributed by atoms with Gasteiger partial charge < -0.3 is 9.94 Å². The van der Waals surface area contributed by atoms with Crippen molar-refractivity contribution in [3.8, 4) is 6.07 Å². The maximum atomic E-state index is 11.2. The maximum Gasteiger partial charge on any atom is 0.377 e. The number of carbonyl (C=O) groups excluding carboxylic acids is 1. The number of methoxy groups -OCH3 is 1. The minimum Gasteiger partial charge on any atom is -0.463 e. The molecule has 6 heteroatoms. The van der Waals surface area contributed by atoms with Gasteiger partial charge in [-0.15, -0.1) is 0 Å². The standard InChI is InChI=1S/C10H7N3O3/c1-16-10(14)9-12-7-3-2-6(5-11)4-8(7)13(9)15/h2-4,15H,1H3. The monoisotopic (exact) mass is 217 g/mol. The third-order valence-corrected chi connectivity index (χ3v) is 2.13. The number of nitriles is 1. The van der Waals surface area contributed by atoms with Crippen LogP contribution in [0.25, 0.3) is 11.0 Å². The fourth-order valence-electron chi connectivity index (χ4n) is 1.36. The van der Waals surface area contributed by atoms with Gasteiger partial charge in [-0.05, 0) is 18.2 Å². The summed E-state index contributed by atoms with van der Waals surface area (Å²) in [7, 11) is 1.20. The van der Waals surface area contributed by atoms with Gasteiger partial charge >= 0.3 is 5.97 Å². The first-order chi connectivity index (χ1) is 7.67. The highest BCUT2D eigenvalue weighted by Crippen LogP contribution is 2.16. The Hall–Kier alpha value is -2.55. The zero-order valence-corrected chi connectivity index (χ0v) is 8.34. The molecule has 0 radical (unpaired) electrons. The second kappa shape index (κ2) is 3.55. The van der Waals surface area contributed by atoms with Crippen molar-refractivity contribution in [3.63, 3.8) is 0 Å². The Balaban J connectivity index is 2.70. The molecule has 2 aromatic rings. The molecule has 1 aromatic heterocycles. The van der Waals surface area contributed by atoms with E-state index in [1.165, 1.54) is 13.2 Å². The molecule has 0 spiro atoms. The van der Waals surface area contributed by atoms with Gasteiger partial charge in [0.1, 0.15) is 5.52 Å². The number of ether oxygens (including phenoxy) is 1. The van der Waals surface area contributed by atoms with E-state index in [1.54, 1.807) is 12.1 Å². The molecule has 0 aliphatic carbocycles. The molecule has 0 aliphatic rings. The van der Waals surface area contributed by atoms with E-state index in [0.29, 0.717) is 21.3 Å². The lowest BCUT2D eigenvalue weighted by atomic mass is 10.2. The van der Waals surface area contributed by atoms with Crippen LogP contribution >= 0.6 is 0 Å². The summed E-state index contributed by atoms with van der Waals surface area (Å²) >= 11 is 0. The number of fused-ring (bicyclic) bond motifs is 1. The van der Waals surface area contributed by atoms with Gasteiger partial charge in [0.15, 0.2) is 0 Å². The topological polar surface area (TPSA) is 88.1 Å². The van der Waals surface area contributed by atoms with Gasteiger partial charge in [0.05, 0.1) is 24.3 Å². The number of rotatable bonds is 1. The molecule has 0 saturated heterocycles. The Morgan fingerprint density at radius 2 is 2.38 bits per heavy atom. The van der Waals surface area contributed by atoms with Crippen molar-refractivity contribution in [1.29, 1.82) is 5.26 Å². The fraction of sp³-hybridized carbons (Fsp3) is 0.100. The summed E-state index contributed by atoms with van der Waals surface area (Å²) in [6, 6.07) is 6.47. The first-order valence-electron chi connectivity index (χ1n) is 4.37. The van der Waals surface area contributed by atoms with E-state index in [0.717, 1.165) is 0 Å². The van der Waals surface area contributed by atoms with E-state index in [4.69, 9.17) is 5.26 Å². The van der Waals surface area contributed by atoms with Gasteiger partial charge in [-0.25, -0.2) is 9.78 Å². The molecule has 0 fully saturated rings. The van der Waals surface area contributed by atoms with Gasteiger partial charge in [0.2, 0.25) is 0 Å². The number of esters is 1. The molecule has 0 bridgehead atoms. The van der Waals surface area contributed by atoms with Gasteiger partial charge in [-0.3, -0.25) is 0 Å². The minimum absolute atomic E-state index is 0.215. The largest absolute Gasteiger partial charge is 0.463 e. The van der Waals surface area contributed by atoms with Crippen LogP contribution in [0.1, 0.15) is 16.2 Å². The van der Waals surface area contributed by atoms with Gasteiger partial charge in [-0.2, -0.15) is 9.99 Å². The first-order valence-corrected chi connectivity index (χ1v) is 4.37. The van der Waals surface area contributed by atoms with Crippen molar-refractivity contribution in [2.75, 3.05) is 7.11 Å². The van der Waals surface area contributed by atoms with Gasteiger partial charge in [0, 0.05) is 0 Å². The molecule has 0 atom stereocenters. The van der Waals surface area contributed by atoms with Crippen LogP contribution in [0.4, 0.5) is 0 Å². The van der Waals surface area contributed by atoms with E-state index in [1.807, 2.05) is 6.07 Å². The van der Waals surface area contributed by atoms with E-state index in [-0.39, 0.29) is 5.82 Å². The predicted octanol–water partition coefficient (Wildman–Crippen LogP) is 0.932. The first kappa shape index (κ1) is 9.98. The summed E-state index contributed by atoms with van der Waals surface area (Å²) in [4.78, 5) is 15.1. The molecule has 0 aliphatic heterocycles. The van der Waals surface area contributed by atoms with Crippen molar-refractivity contribution in [3.05, 3.63) is 29.6 Å². The van der Waals surface area contributed by atoms with Crippen molar-refractivity contribution >= 4 is 17.0 Å². The second-order valence-electron chi connectivity index (χ2n) is 3.05. The number of aromatic nitrogens is 2. The Bertz CT molecular complexity index is 610. The zero-order valence-electron chi connectivity index (χ0n) is 8.34. The van der Waals surface area contributed by atoms with Crippen LogP contribution in [-0.4, -0.2) is 28.0 Å². The summed E-state index contributed by atoms with van der Waals surface area (Å²) in [5, 5.41) is 18.4. The smallest absolute Gasteiger partial charge is 0.377 e. The van der Waals surface area contributed by atoms with Crippen LogP contribution < -0.4 is 0 Å². The van der Waals surface area contributed by atoms with E-state index < -0.39 is 5.97 Å². The van der Waals surface area contributed by atoms with Crippen LogP contribution in [0.2, 0.25) is 0 Å². The third-order valence-electron chi connectivity index (χ3n) is 2.13. The van der Waals surface area contributed by atoms with Crippen LogP contribution in [0.3, 0.4) is 0 Å². The van der Waals surface area contributed by atoms with Crippen LogP contribution in [0, 0.1) is 11.3 Å². The molecular formula is C10H7N3O3. The number of carbonyl (C=O) groups is 1. The fourth-order valence-corrected chi connectivity index (χ4v) is 1.36. The normalized spacial score (nSPS) is 10.0. The molecule has 16 heavy (non-hydrogen) atoms. The van der Waals surface area contributed by atoms with Crippen LogP contribution in [-0.2, 0) is 4.74 Å². The van der Waals surface area contributed by atoms with Gasteiger partial charge in [-0.1, -0.05) is 0 Å². The number of benzene rings is 1. The molecule has 1 N–H and O–H groups in total. The van der Waals surface area contributed by atoms with Crippen molar-refractivity contribution in [1.82, 2.24) is 9.71 Å². The SMILES string of the molecule is COC(=O)c1nc2ccc(C#N)cc2n1O.